The molecule has 2 rings (SSSR count). The van der Waals surface area contributed by atoms with Crippen LogP contribution in [-0.4, -0.2) is 130 Å². The molecule has 11 atom stereocenters. The van der Waals surface area contributed by atoms with E-state index in [1.54, 1.807) is 0 Å². The molecule has 0 spiro atoms. The van der Waals surface area contributed by atoms with E-state index in [0.717, 1.165) is 12.8 Å². The summed E-state index contributed by atoms with van der Waals surface area (Å²) in [4.78, 5) is 0. The van der Waals surface area contributed by atoms with Crippen LogP contribution in [0.15, 0.2) is 0 Å². The van der Waals surface area contributed by atoms with Crippen LogP contribution < -0.4 is 0 Å². The van der Waals surface area contributed by atoms with Gasteiger partial charge in [0.2, 0.25) is 0 Å². The van der Waals surface area contributed by atoms with Crippen molar-refractivity contribution in [1.82, 2.24) is 0 Å². The van der Waals surface area contributed by atoms with Gasteiger partial charge in [0.1, 0.15) is 48.8 Å². The Morgan fingerprint density at radius 3 is 1.67 bits per heavy atom. The Bertz CT molecular complexity index is 626. The molecule has 0 aromatic rings. The van der Waals surface area contributed by atoms with Crippen LogP contribution in [0, 0.1) is 0 Å². The van der Waals surface area contributed by atoms with E-state index < -0.39 is 74.6 Å². The molecule has 0 aromatic carbocycles. The Labute approximate surface area is 231 Å². The van der Waals surface area contributed by atoms with Crippen molar-refractivity contribution in [3.63, 3.8) is 0 Å². The monoisotopic (exact) mass is 568 g/mol. The first-order valence-corrected chi connectivity index (χ1v) is 14.6. The number of rotatable bonds is 19. The molecule has 2 aliphatic rings. The Kier molecular flexibility index (Phi) is 16.8. The molecule has 0 bridgehead atoms. The number of hydrogen-bond donors (Lipinski definition) is 7. The summed E-state index contributed by atoms with van der Waals surface area (Å²) in [5.41, 5.74) is 0. The highest BCUT2D eigenvalue weighted by atomic mass is 16.7. The molecule has 12 nitrogen and oxygen atoms in total. The quantitative estimate of drug-likeness (QED) is 0.103. The molecule has 2 fully saturated rings. The number of aliphatic hydroxyl groups is 7. The summed E-state index contributed by atoms with van der Waals surface area (Å²) in [5.74, 6) is 0. The van der Waals surface area contributed by atoms with Crippen molar-refractivity contribution in [2.24, 2.45) is 0 Å². The van der Waals surface area contributed by atoms with Gasteiger partial charge in [0.15, 0.2) is 12.6 Å². The molecular weight excluding hydrogens is 516 g/mol. The van der Waals surface area contributed by atoms with Crippen LogP contribution >= 0.6 is 0 Å². The molecular formula is C27H52O12. The minimum Gasteiger partial charge on any atom is -0.394 e. The molecule has 232 valence electrons. The van der Waals surface area contributed by atoms with Gasteiger partial charge in [-0.3, -0.25) is 0 Å². The zero-order chi connectivity index (χ0) is 28.8. The van der Waals surface area contributed by atoms with Gasteiger partial charge in [-0.1, -0.05) is 64.7 Å². The fourth-order valence-corrected chi connectivity index (χ4v) is 4.74. The van der Waals surface area contributed by atoms with Gasteiger partial charge >= 0.3 is 0 Å². The third-order valence-electron chi connectivity index (χ3n) is 7.34. The molecule has 0 aromatic heterocycles. The molecule has 0 saturated carbocycles. The van der Waals surface area contributed by atoms with Crippen molar-refractivity contribution in [1.29, 1.82) is 0 Å². The van der Waals surface area contributed by atoms with Crippen LogP contribution in [0.3, 0.4) is 0 Å². The lowest BCUT2D eigenvalue weighted by atomic mass is 9.98. The van der Waals surface area contributed by atoms with E-state index in [4.69, 9.17) is 23.7 Å². The lowest BCUT2D eigenvalue weighted by Gasteiger charge is -2.42. The summed E-state index contributed by atoms with van der Waals surface area (Å²) in [5, 5.41) is 70.1. The maximum Gasteiger partial charge on any atom is 0.186 e. The van der Waals surface area contributed by atoms with Crippen LogP contribution in [0.5, 0.6) is 0 Å². The third kappa shape index (κ3) is 11.4. The number of ether oxygens (including phenoxy) is 5. The predicted molar refractivity (Wildman–Crippen MR) is 140 cm³/mol. The first kappa shape index (κ1) is 34.7. The van der Waals surface area contributed by atoms with Crippen LogP contribution in [0.25, 0.3) is 0 Å². The van der Waals surface area contributed by atoms with Crippen molar-refractivity contribution < 1.29 is 59.4 Å². The normalized spacial score (nSPS) is 36.2. The average molecular weight is 569 g/mol. The lowest BCUT2D eigenvalue weighted by molar-refractivity contribution is -0.332. The largest absolute Gasteiger partial charge is 0.394 e. The van der Waals surface area contributed by atoms with Crippen molar-refractivity contribution in [2.45, 2.75) is 146 Å². The van der Waals surface area contributed by atoms with E-state index >= 15 is 0 Å². The van der Waals surface area contributed by atoms with Crippen LogP contribution in [-0.2, 0) is 23.7 Å². The molecule has 0 radical (unpaired) electrons. The van der Waals surface area contributed by atoms with E-state index in [2.05, 4.69) is 6.92 Å². The van der Waals surface area contributed by atoms with Crippen LogP contribution in [0.1, 0.15) is 78.1 Å². The van der Waals surface area contributed by atoms with Crippen molar-refractivity contribution in [3.8, 4) is 0 Å². The average Bonchev–Trinajstić information content (AvgIpc) is 2.93. The Balaban J connectivity index is 1.67. The van der Waals surface area contributed by atoms with E-state index in [9.17, 15) is 35.7 Å². The smallest absolute Gasteiger partial charge is 0.186 e. The third-order valence-corrected chi connectivity index (χ3v) is 7.34. The van der Waals surface area contributed by atoms with Gasteiger partial charge in [-0.2, -0.15) is 0 Å². The van der Waals surface area contributed by atoms with Gasteiger partial charge < -0.3 is 59.4 Å². The van der Waals surface area contributed by atoms with Crippen molar-refractivity contribution >= 4 is 0 Å². The highest BCUT2D eigenvalue weighted by molar-refractivity contribution is 4.91. The van der Waals surface area contributed by atoms with Crippen molar-refractivity contribution in [2.75, 3.05) is 26.4 Å². The predicted octanol–water partition coefficient (Wildman–Crippen LogP) is -0.0469. The molecule has 2 aliphatic heterocycles. The molecule has 1 unspecified atom stereocenters. The topological polar surface area (TPSA) is 188 Å². The minimum atomic E-state index is -1.63. The Morgan fingerprint density at radius 1 is 0.615 bits per heavy atom. The van der Waals surface area contributed by atoms with E-state index in [1.807, 2.05) is 6.92 Å². The minimum absolute atomic E-state index is 0.0859. The summed E-state index contributed by atoms with van der Waals surface area (Å²) in [6.45, 7) is 3.71. The summed E-state index contributed by atoms with van der Waals surface area (Å²) in [6, 6.07) is 0. The second-order valence-electron chi connectivity index (χ2n) is 10.7. The summed E-state index contributed by atoms with van der Waals surface area (Å²) < 4.78 is 27.7. The van der Waals surface area contributed by atoms with Crippen molar-refractivity contribution in [3.05, 3.63) is 0 Å². The first-order valence-electron chi connectivity index (χ1n) is 14.6. The zero-order valence-electron chi connectivity index (χ0n) is 23.4. The van der Waals surface area contributed by atoms with Crippen LogP contribution in [0.2, 0.25) is 0 Å². The van der Waals surface area contributed by atoms with E-state index in [0.29, 0.717) is 6.61 Å². The Hall–Kier alpha value is -0.480. The first-order chi connectivity index (χ1) is 18.7. The molecule has 39 heavy (non-hydrogen) atoms. The van der Waals surface area contributed by atoms with Crippen LogP contribution in [0.4, 0.5) is 0 Å². The molecule has 2 saturated heterocycles. The standard InChI is InChI=1S/C27H52O12/c1-3-4-5-6-7-8-9-10-11-12-13-35-17(2)15-36-26-25(34)23(32)21(30)19(39-26)16-37-27-24(33)22(31)20(29)18(14-28)38-27/h17-34H,3-16H2,1-2H3/t17?,18-,19-,20+,21-,22+,23+,24-,25-,26+,27+/m1/s1. The SMILES string of the molecule is CCCCCCCCCCCCOC(C)CO[C@H]1O[C@H](CO[C@H]2O[C@H](CO)[C@H](O)[C@H](O)[C@H]2O)[C@@H](O)[C@H](O)[C@H]1O. The molecule has 0 amide bonds. The fourth-order valence-electron chi connectivity index (χ4n) is 4.74. The fraction of sp³-hybridized carbons (Fsp3) is 1.00. The van der Waals surface area contributed by atoms with Gasteiger partial charge in [-0.15, -0.1) is 0 Å². The summed E-state index contributed by atoms with van der Waals surface area (Å²) in [6.07, 6.45) is -2.37. The molecule has 7 N–H and O–H groups in total. The second kappa shape index (κ2) is 18.9. The van der Waals surface area contributed by atoms with Gasteiger partial charge in [0.05, 0.1) is 25.9 Å². The van der Waals surface area contributed by atoms with Gasteiger partial charge in [-0.05, 0) is 13.3 Å². The van der Waals surface area contributed by atoms with Gasteiger partial charge in [0, 0.05) is 6.61 Å². The molecule has 2 heterocycles. The summed E-state index contributed by atoms with van der Waals surface area (Å²) in [7, 11) is 0. The number of unbranched alkanes of at least 4 members (excludes halogenated alkanes) is 9. The van der Waals surface area contributed by atoms with E-state index in [-0.39, 0.29) is 12.7 Å². The van der Waals surface area contributed by atoms with Gasteiger partial charge in [-0.25, -0.2) is 0 Å². The lowest BCUT2D eigenvalue weighted by Crippen LogP contribution is -2.61. The Morgan fingerprint density at radius 2 is 1.10 bits per heavy atom. The van der Waals surface area contributed by atoms with Gasteiger partial charge in [0.25, 0.3) is 0 Å². The highest BCUT2D eigenvalue weighted by Gasteiger charge is 2.47. The maximum atomic E-state index is 10.3. The zero-order valence-corrected chi connectivity index (χ0v) is 23.4. The highest BCUT2D eigenvalue weighted by Crippen LogP contribution is 2.26. The number of aliphatic hydroxyl groups excluding tert-OH is 7. The molecule has 12 heteroatoms. The maximum absolute atomic E-state index is 10.3. The second-order valence-corrected chi connectivity index (χ2v) is 10.7. The summed E-state index contributed by atoms with van der Waals surface area (Å²) >= 11 is 0. The number of hydrogen-bond acceptors (Lipinski definition) is 12. The molecule has 0 aliphatic carbocycles. The van der Waals surface area contributed by atoms with E-state index in [1.165, 1.54) is 51.4 Å².